The van der Waals surface area contributed by atoms with E-state index in [1.807, 2.05) is 146 Å². The Labute approximate surface area is 578 Å². The van der Waals surface area contributed by atoms with E-state index < -0.39 is 0 Å². The van der Waals surface area contributed by atoms with Crippen molar-refractivity contribution in [3.05, 3.63) is 309 Å². The first-order chi connectivity index (χ1) is 48.6. The molecule has 6 N–H and O–H groups in total. The van der Waals surface area contributed by atoms with Crippen molar-refractivity contribution < 1.29 is 28.4 Å². The van der Waals surface area contributed by atoms with E-state index in [2.05, 4.69) is 210 Å². The van der Waals surface area contributed by atoms with Crippen LogP contribution in [0.25, 0.3) is 0 Å². The number of ether oxygens (including phenoxy) is 6. The molecule has 99 heavy (non-hydrogen) atoms. The molecule has 0 bridgehead atoms. The number of hydrogen-bond donors (Lipinski definition) is 6. The Bertz CT molecular complexity index is 4050. The molecule has 0 aromatic heterocycles. The Morgan fingerprint density at radius 2 is 0.313 bits per heavy atom. The molecule has 0 unspecified atom stereocenters. The Kier molecular flexibility index (Phi) is 19.9. The van der Waals surface area contributed by atoms with Crippen LogP contribution in [0.1, 0.15) is 0 Å². The van der Waals surface area contributed by atoms with Gasteiger partial charge in [0.25, 0.3) is 0 Å². The minimum Gasteiger partial charge on any atom is -0.497 e. The van der Waals surface area contributed by atoms with Gasteiger partial charge in [-0.25, -0.2) is 0 Å². The van der Waals surface area contributed by atoms with Crippen molar-refractivity contribution in [1.29, 1.82) is 0 Å². The van der Waals surface area contributed by atoms with E-state index in [0.29, 0.717) is 0 Å². The van der Waals surface area contributed by atoms with Crippen LogP contribution in [-0.2, 0) is 0 Å². The number of anilines is 21. The first-order valence-electron chi connectivity index (χ1n) is 32.3. The first kappa shape index (κ1) is 64.6. The van der Waals surface area contributed by atoms with Crippen molar-refractivity contribution >= 4 is 119 Å². The van der Waals surface area contributed by atoms with Crippen molar-refractivity contribution in [2.45, 2.75) is 0 Å². The lowest BCUT2D eigenvalue weighted by Gasteiger charge is -2.33. The molecule has 0 amide bonds. The zero-order valence-corrected chi connectivity index (χ0v) is 55.7. The van der Waals surface area contributed by atoms with Gasteiger partial charge >= 0.3 is 0 Å². The van der Waals surface area contributed by atoms with Gasteiger partial charge in [0.2, 0.25) is 0 Å². The second-order valence-electron chi connectivity index (χ2n) is 23.1. The van der Waals surface area contributed by atoms with Crippen molar-refractivity contribution in [3.8, 4) is 34.5 Å². The summed E-state index contributed by atoms with van der Waals surface area (Å²) >= 11 is 0. The molecule has 0 radical (unpaired) electrons. The fourth-order valence-corrected chi connectivity index (χ4v) is 11.7. The minimum absolute atomic E-state index is 0.767. The number of rotatable bonds is 27. The number of benzene rings is 13. The molecule has 0 aliphatic carbocycles. The smallest absolute Gasteiger partial charge is 0.119 e. The lowest BCUT2D eigenvalue weighted by molar-refractivity contribution is 0.415. The van der Waals surface area contributed by atoms with Crippen molar-refractivity contribution in [2.24, 2.45) is 0 Å². The molecule has 0 aliphatic rings. The molecule has 0 saturated heterocycles. The third-order valence-electron chi connectivity index (χ3n) is 16.6. The standard InChI is InChI=1S/C84H75N9O6/c1-94-79-37-25-58(26-38-79)85-64-13-7-19-70(49-64)91(71-20-8-14-65(50-71)86-59-27-39-80(95-2)40-28-59)76-55-77(92(72-21-9-15-66(51-72)87-60-29-41-81(96-3)42-30-60)73-22-10-16-67(52-73)88-61-31-43-82(97-4)44-32-61)57-78(56-76)93(74-23-11-17-68(53-74)89-62-33-45-83(98-5)46-34-62)75-24-12-18-69(54-75)90-63-35-47-84(99-6)48-36-63/h7-57,85-90H,1-6H3. The van der Waals surface area contributed by atoms with E-state index in [1.165, 1.54) is 0 Å². The highest BCUT2D eigenvalue weighted by molar-refractivity contribution is 5.92. The van der Waals surface area contributed by atoms with Crippen LogP contribution in [0, 0.1) is 0 Å². The molecule has 13 rings (SSSR count). The molecule has 492 valence electrons. The Morgan fingerprint density at radius 3 is 0.455 bits per heavy atom. The van der Waals surface area contributed by atoms with E-state index in [-0.39, 0.29) is 0 Å². The molecule has 13 aromatic carbocycles. The second kappa shape index (κ2) is 30.5. The average Bonchev–Trinajstić information content (AvgIpc) is 0.776. The van der Waals surface area contributed by atoms with Crippen molar-refractivity contribution in [3.63, 3.8) is 0 Å². The molecule has 15 nitrogen and oxygen atoms in total. The summed E-state index contributed by atoms with van der Waals surface area (Å²) in [6, 6.07) is 105. The van der Waals surface area contributed by atoms with Gasteiger partial charge in [-0.1, -0.05) is 36.4 Å². The van der Waals surface area contributed by atoms with Crippen LogP contribution in [0.4, 0.5) is 119 Å². The number of nitrogens with zero attached hydrogens (tertiary/aromatic N) is 3. The molecular weight excluding hydrogens is 1230 g/mol. The van der Waals surface area contributed by atoms with Crippen LogP contribution < -0.4 is 75.0 Å². The molecular formula is C84H75N9O6. The van der Waals surface area contributed by atoms with E-state index in [9.17, 15) is 0 Å². The first-order valence-corrected chi connectivity index (χ1v) is 32.3. The topological polar surface area (TPSA) is 137 Å². The number of methoxy groups -OCH3 is 6. The van der Waals surface area contributed by atoms with Crippen LogP contribution >= 0.6 is 0 Å². The predicted octanol–water partition coefficient (Wildman–Crippen LogP) is 22.6. The van der Waals surface area contributed by atoms with Crippen LogP contribution in [0.15, 0.2) is 309 Å². The maximum Gasteiger partial charge on any atom is 0.119 e. The summed E-state index contributed by atoms with van der Waals surface area (Å²) in [6.07, 6.45) is 0. The van der Waals surface area contributed by atoms with Gasteiger partial charge in [-0.3, -0.25) is 0 Å². The zero-order chi connectivity index (χ0) is 67.9. The molecule has 15 heteroatoms. The van der Waals surface area contributed by atoms with Crippen LogP contribution in [-0.4, -0.2) is 42.7 Å². The summed E-state index contributed by atoms with van der Waals surface area (Å²) in [7, 11) is 10.0. The summed E-state index contributed by atoms with van der Waals surface area (Å²) in [5, 5.41) is 22.2. The summed E-state index contributed by atoms with van der Waals surface area (Å²) < 4.78 is 33.4. The maximum absolute atomic E-state index is 5.56. The zero-order valence-electron chi connectivity index (χ0n) is 55.7. The lowest BCUT2D eigenvalue weighted by Crippen LogP contribution is -2.17. The maximum atomic E-state index is 5.56. The lowest BCUT2D eigenvalue weighted by atomic mass is 10.1. The van der Waals surface area contributed by atoms with Gasteiger partial charge < -0.3 is 75.0 Å². The highest BCUT2D eigenvalue weighted by atomic mass is 16.5. The molecule has 13 aromatic rings. The Balaban J connectivity index is 1.06. The summed E-state index contributed by atoms with van der Waals surface area (Å²) in [5.41, 5.74) is 18.4. The predicted molar refractivity (Wildman–Crippen MR) is 408 cm³/mol. The largest absolute Gasteiger partial charge is 0.497 e. The molecule has 0 fully saturated rings. The SMILES string of the molecule is COc1ccc(Nc2cccc(N(c3cccc(Nc4ccc(OC)cc4)c3)c3cc(N(c4cccc(Nc5ccc(OC)cc5)c4)c4cccc(Nc5ccc(OC)cc5)c4)cc(N(c4cccc(Nc5ccc(OC)cc5)c4)c4cccc(Nc5ccc(OC)cc5)c4)c3)c2)cc1. The van der Waals surface area contributed by atoms with Crippen molar-refractivity contribution in [1.82, 2.24) is 0 Å². The van der Waals surface area contributed by atoms with Crippen LogP contribution in [0.5, 0.6) is 34.5 Å². The van der Waals surface area contributed by atoms with Gasteiger partial charge in [0.15, 0.2) is 0 Å². The highest BCUT2D eigenvalue weighted by Gasteiger charge is 2.25. The van der Waals surface area contributed by atoms with Gasteiger partial charge in [-0.2, -0.15) is 0 Å². The molecule has 0 saturated carbocycles. The molecule has 0 aliphatic heterocycles. The molecule has 0 heterocycles. The Morgan fingerprint density at radius 1 is 0.162 bits per heavy atom. The molecule has 0 atom stereocenters. The third kappa shape index (κ3) is 16.0. The van der Waals surface area contributed by atoms with Gasteiger partial charge in [-0.15, -0.1) is 0 Å². The minimum atomic E-state index is 0.767. The van der Waals surface area contributed by atoms with E-state index in [1.54, 1.807) is 42.7 Å². The van der Waals surface area contributed by atoms with Crippen LogP contribution in [0.2, 0.25) is 0 Å². The van der Waals surface area contributed by atoms with Gasteiger partial charge in [0.1, 0.15) is 34.5 Å². The monoisotopic (exact) mass is 1310 g/mol. The van der Waals surface area contributed by atoms with Gasteiger partial charge in [0.05, 0.1) is 59.7 Å². The summed E-state index contributed by atoms with van der Waals surface area (Å²) in [4.78, 5) is 6.94. The number of hydrogen-bond acceptors (Lipinski definition) is 15. The summed E-state index contributed by atoms with van der Waals surface area (Å²) in [5.74, 6) is 4.60. The Hall–Kier alpha value is -13.1. The fourth-order valence-electron chi connectivity index (χ4n) is 11.7. The highest BCUT2D eigenvalue weighted by Crippen LogP contribution is 2.48. The van der Waals surface area contributed by atoms with Gasteiger partial charge in [0, 0.05) is 102 Å². The second-order valence-corrected chi connectivity index (χ2v) is 23.1. The fraction of sp³-hybridized carbons (Fsp3) is 0.0714. The normalized spacial score (nSPS) is 10.7. The number of nitrogens with one attached hydrogen (secondary N) is 6. The van der Waals surface area contributed by atoms with E-state index in [0.717, 1.165) is 154 Å². The van der Waals surface area contributed by atoms with Gasteiger partial charge in [-0.05, 0) is 273 Å². The third-order valence-corrected chi connectivity index (χ3v) is 16.6. The van der Waals surface area contributed by atoms with E-state index in [4.69, 9.17) is 28.4 Å². The quantitative estimate of drug-likeness (QED) is 0.0291. The van der Waals surface area contributed by atoms with E-state index >= 15 is 0 Å². The van der Waals surface area contributed by atoms with Crippen LogP contribution in [0.3, 0.4) is 0 Å². The average molecular weight is 1310 g/mol. The van der Waals surface area contributed by atoms with Crippen molar-refractivity contribution in [2.75, 3.05) is 89.3 Å². The molecule has 0 spiro atoms. The summed E-state index contributed by atoms with van der Waals surface area (Å²) in [6.45, 7) is 0.